The zero-order chi connectivity index (χ0) is 13.2. The van der Waals surface area contributed by atoms with Crippen molar-refractivity contribution in [1.82, 2.24) is 0 Å². The van der Waals surface area contributed by atoms with Crippen molar-refractivity contribution in [3.05, 3.63) is 23.8 Å². The maximum Gasteiger partial charge on any atom is 0.336 e. The molecule has 0 aliphatic rings. The van der Waals surface area contributed by atoms with E-state index in [0.29, 0.717) is 11.3 Å². The highest BCUT2D eigenvalue weighted by atomic mass is 32.2. The summed E-state index contributed by atoms with van der Waals surface area (Å²) < 4.78 is 28.6. The van der Waals surface area contributed by atoms with Crippen LogP contribution in [0.4, 0.5) is 0 Å². The molecular weight excluding hydrogens is 246 g/mol. The molecule has 17 heavy (non-hydrogen) atoms. The molecule has 0 radical (unpaired) electrons. The molecule has 0 heterocycles. The Morgan fingerprint density at radius 3 is 2.47 bits per heavy atom. The summed E-state index contributed by atoms with van der Waals surface area (Å²) in [6.45, 7) is 1.55. The van der Waals surface area contributed by atoms with Crippen molar-refractivity contribution in [2.45, 2.75) is 17.2 Å². The molecule has 3 N–H and O–H groups in total. The highest BCUT2D eigenvalue weighted by Crippen LogP contribution is 2.23. The summed E-state index contributed by atoms with van der Waals surface area (Å²) >= 11 is 0. The van der Waals surface area contributed by atoms with Gasteiger partial charge in [0.05, 0.1) is 12.0 Å². The van der Waals surface area contributed by atoms with Crippen molar-refractivity contribution in [3.8, 4) is 5.75 Å². The van der Waals surface area contributed by atoms with Crippen molar-refractivity contribution in [2.75, 3.05) is 7.11 Å². The number of hydrogen-bond donors (Lipinski definition) is 2. The van der Waals surface area contributed by atoms with Gasteiger partial charge < -0.3 is 15.6 Å². The van der Waals surface area contributed by atoms with Crippen molar-refractivity contribution < 1.29 is 23.1 Å². The van der Waals surface area contributed by atoms with E-state index in [1.54, 1.807) is 6.92 Å². The van der Waals surface area contributed by atoms with E-state index in [2.05, 4.69) is 0 Å². The van der Waals surface area contributed by atoms with Crippen molar-refractivity contribution in [1.29, 1.82) is 0 Å². The number of nitrogens with two attached hydrogens (primary N) is 1. The average molecular weight is 259 g/mol. The molecule has 7 heteroatoms. The second kappa shape index (κ2) is 4.72. The van der Waals surface area contributed by atoms with Gasteiger partial charge in [0, 0.05) is 0 Å². The van der Waals surface area contributed by atoms with Gasteiger partial charge in [-0.1, -0.05) is 0 Å². The number of ether oxygens (including phenoxy) is 1. The van der Waals surface area contributed by atoms with Crippen molar-refractivity contribution in [3.63, 3.8) is 0 Å². The maximum atomic E-state index is 11.8. The zero-order valence-corrected chi connectivity index (χ0v) is 10.2. The fourth-order valence-corrected chi connectivity index (χ4v) is 2.64. The van der Waals surface area contributed by atoms with Crippen LogP contribution in [-0.4, -0.2) is 32.0 Å². The third-order valence-corrected chi connectivity index (χ3v) is 4.21. The van der Waals surface area contributed by atoms with Gasteiger partial charge in [-0.15, -0.1) is 0 Å². The topological polar surface area (TPSA) is 107 Å². The Kier molecular flexibility index (Phi) is 3.74. The van der Waals surface area contributed by atoms with Gasteiger partial charge in [-0.05, 0) is 30.7 Å². The molecule has 0 fully saturated rings. The smallest absolute Gasteiger partial charge is 0.336 e. The molecular formula is C10H13NO5S. The Hall–Kier alpha value is -1.60. The summed E-state index contributed by atoms with van der Waals surface area (Å²) in [4.78, 5) is 10.5. The highest BCUT2D eigenvalue weighted by Gasteiger charge is 2.31. The van der Waals surface area contributed by atoms with Crippen LogP contribution in [0.15, 0.2) is 23.1 Å². The number of carboxylic acids is 1. The number of carbonyl (C=O) groups is 1. The summed E-state index contributed by atoms with van der Waals surface area (Å²) in [6, 6.07) is 4.22. The molecule has 94 valence electrons. The van der Waals surface area contributed by atoms with Gasteiger partial charge in [0.15, 0.2) is 0 Å². The standard InChI is InChI=1S/C10H13NO5S/c1-6-5-7(16-2)3-4-8(6)17(14,15)9(11)10(12)13/h3-5,9H,11H2,1-2H3,(H,12,13). The molecule has 1 aromatic carbocycles. The van der Waals surface area contributed by atoms with Gasteiger partial charge >= 0.3 is 5.97 Å². The third-order valence-electron chi connectivity index (χ3n) is 2.27. The van der Waals surface area contributed by atoms with Crippen molar-refractivity contribution >= 4 is 15.8 Å². The van der Waals surface area contributed by atoms with Crippen LogP contribution in [0, 0.1) is 6.92 Å². The molecule has 0 aliphatic carbocycles. The Labute approximate surface area is 98.9 Å². The van der Waals surface area contributed by atoms with Crippen LogP contribution in [-0.2, 0) is 14.6 Å². The van der Waals surface area contributed by atoms with Crippen LogP contribution in [0.5, 0.6) is 5.75 Å². The summed E-state index contributed by atoms with van der Waals surface area (Å²) in [7, 11) is -2.62. The average Bonchev–Trinajstić information content (AvgIpc) is 2.27. The highest BCUT2D eigenvalue weighted by molar-refractivity contribution is 7.92. The molecule has 1 aromatic rings. The van der Waals surface area contributed by atoms with Crippen LogP contribution in [0.3, 0.4) is 0 Å². The number of hydrogen-bond acceptors (Lipinski definition) is 5. The van der Waals surface area contributed by atoms with E-state index in [9.17, 15) is 13.2 Å². The second-order valence-corrected chi connectivity index (χ2v) is 5.47. The molecule has 0 aliphatic heterocycles. The first-order valence-electron chi connectivity index (χ1n) is 4.67. The third kappa shape index (κ3) is 2.56. The number of methoxy groups -OCH3 is 1. The quantitative estimate of drug-likeness (QED) is 0.797. The monoisotopic (exact) mass is 259 g/mol. The first-order chi connectivity index (χ1) is 7.80. The SMILES string of the molecule is COc1ccc(S(=O)(=O)C(N)C(=O)O)c(C)c1. The number of sulfone groups is 1. The number of carboxylic acid groups (broad SMARTS) is 1. The van der Waals surface area contributed by atoms with Crippen LogP contribution in [0.25, 0.3) is 0 Å². The Balaban J connectivity index is 3.30. The lowest BCUT2D eigenvalue weighted by Gasteiger charge is -2.11. The summed E-state index contributed by atoms with van der Waals surface area (Å²) in [5, 5.41) is 6.68. The van der Waals surface area contributed by atoms with E-state index in [1.165, 1.54) is 25.3 Å². The maximum absolute atomic E-state index is 11.8. The molecule has 6 nitrogen and oxygen atoms in total. The summed E-state index contributed by atoms with van der Waals surface area (Å²) in [5.74, 6) is -1.09. The zero-order valence-electron chi connectivity index (χ0n) is 9.38. The first-order valence-corrected chi connectivity index (χ1v) is 6.22. The van der Waals surface area contributed by atoms with Gasteiger partial charge in [0.1, 0.15) is 5.75 Å². The van der Waals surface area contributed by atoms with Gasteiger partial charge in [-0.25, -0.2) is 13.2 Å². The van der Waals surface area contributed by atoms with E-state index < -0.39 is 21.2 Å². The van der Waals surface area contributed by atoms with Crippen LogP contribution >= 0.6 is 0 Å². The first kappa shape index (κ1) is 13.5. The molecule has 1 unspecified atom stereocenters. The Bertz CT molecular complexity index is 538. The molecule has 1 rings (SSSR count). The number of rotatable bonds is 4. The predicted molar refractivity (Wildman–Crippen MR) is 60.5 cm³/mol. The van der Waals surface area contributed by atoms with Gasteiger partial charge in [0.25, 0.3) is 0 Å². The largest absolute Gasteiger partial charge is 0.497 e. The second-order valence-electron chi connectivity index (χ2n) is 3.44. The van der Waals surface area contributed by atoms with E-state index in [-0.39, 0.29) is 4.90 Å². The normalized spacial score (nSPS) is 13.1. The molecule has 0 saturated carbocycles. The minimum Gasteiger partial charge on any atom is -0.497 e. The Morgan fingerprint density at radius 1 is 1.47 bits per heavy atom. The molecule has 0 saturated heterocycles. The molecule has 0 spiro atoms. The Morgan fingerprint density at radius 2 is 2.06 bits per heavy atom. The predicted octanol–water partition coefficient (Wildman–Crippen LogP) is 0.147. The minimum absolute atomic E-state index is 0.104. The molecule has 0 amide bonds. The number of benzene rings is 1. The summed E-state index contributed by atoms with van der Waals surface area (Å²) in [5.41, 5.74) is 5.54. The minimum atomic E-state index is -4.07. The molecule has 1 atom stereocenters. The summed E-state index contributed by atoms with van der Waals surface area (Å²) in [6.07, 6.45) is 0. The van der Waals surface area contributed by atoms with Gasteiger partial charge in [-0.3, -0.25) is 0 Å². The lowest BCUT2D eigenvalue weighted by atomic mass is 10.2. The lowest BCUT2D eigenvalue weighted by molar-refractivity contribution is -0.136. The van der Waals surface area contributed by atoms with Crippen LogP contribution < -0.4 is 10.5 Å². The fraction of sp³-hybridized carbons (Fsp3) is 0.300. The van der Waals surface area contributed by atoms with E-state index in [1.807, 2.05) is 0 Å². The van der Waals surface area contributed by atoms with Crippen LogP contribution in [0.2, 0.25) is 0 Å². The molecule has 0 bridgehead atoms. The number of aryl methyl sites for hydroxylation is 1. The fourth-order valence-electron chi connectivity index (χ4n) is 1.34. The van der Waals surface area contributed by atoms with E-state index in [0.717, 1.165) is 0 Å². The van der Waals surface area contributed by atoms with E-state index in [4.69, 9.17) is 15.6 Å². The van der Waals surface area contributed by atoms with Crippen molar-refractivity contribution in [2.24, 2.45) is 5.73 Å². The molecule has 0 aromatic heterocycles. The van der Waals surface area contributed by atoms with Gasteiger partial charge in [-0.2, -0.15) is 0 Å². The lowest BCUT2D eigenvalue weighted by Crippen LogP contribution is -2.38. The van der Waals surface area contributed by atoms with Gasteiger partial charge in [0.2, 0.25) is 15.2 Å². The van der Waals surface area contributed by atoms with Crippen LogP contribution in [0.1, 0.15) is 5.56 Å². The number of aliphatic carboxylic acids is 1. The van der Waals surface area contributed by atoms with E-state index >= 15 is 0 Å².